The van der Waals surface area contributed by atoms with Crippen LogP contribution in [0.1, 0.15) is 45.0 Å². The van der Waals surface area contributed by atoms with E-state index in [0.29, 0.717) is 14.2 Å². The van der Waals surface area contributed by atoms with Crippen LogP contribution in [0.15, 0.2) is 0 Å². The van der Waals surface area contributed by atoms with Gasteiger partial charge in [-0.05, 0) is 27.7 Å². The summed E-state index contributed by atoms with van der Waals surface area (Å²) in [5.41, 5.74) is -0.637. The number of methoxy groups -OCH3 is 1. The molecule has 0 radical (unpaired) electrons. The molecule has 2 atom stereocenters. The van der Waals surface area contributed by atoms with E-state index in [4.69, 9.17) is 44.3 Å². The van der Waals surface area contributed by atoms with Crippen LogP contribution in [0, 0.1) is 0 Å². The Morgan fingerprint density at radius 2 is 1.79 bits per heavy atom. The normalized spacial score (nSPS) is 14.2. The minimum Gasteiger partial charge on any atom is -0.468 e. The molecule has 0 aliphatic rings. The largest absolute Gasteiger partial charge is 0.468 e. The Bertz CT molecular complexity index is 613. The molecule has 1 heterocycles. The van der Waals surface area contributed by atoms with E-state index < -0.39 is 23.6 Å². The van der Waals surface area contributed by atoms with Gasteiger partial charge in [0.05, 0.1) is 23.6 Å². The van der Waals surface area contributed by atoms with Crippen LogP contribution in [0.4, 0.5) is 0 Å². The van der Waals surface area contributed by atoms with Crippen LogP contribution >= 0.6 is 46.1 Å². The van der Waals surface area contributed by atoms with E-state index in [1.807, 2.05) is 0 Å². The Kier molecular flexibility index (Phi) is 7.81. The fourth-order valence-electron chi connectivity index (χ4n) is 1.94. The Balaban J connectivity index is 2.88. The molecule has 0 amide bonds. The van der Waals surface area contributed by atoms with Crippen LogP contribution in [0.2, 0.25) is 14.4 Å². The predicted octanol–water partition coefficient (Wildman–Crippen LogP) is 4.63. The predicted molar refractivity (Wildman–Crippen MR) is 97.2 cm³/mol. The van der Waals surface area contributed by atoms with Crippen molar-refractivity contribution in [2.24, 2.45) is 0 Å². The fourth-order valence-corrected chi connectivity index (χ4v) is 3.86. The number of nitrogens with one attached hydrogen (secondary N) is 1. The minimum absolute atomic E-state index is 0.168. The number of carbonyl (C=O) groups is 2. The number of hydrogen-bond donors (Lipinski definition) is 1. The molecule has 1 unspecified atom stereocenters. The summed E-state index contributed by atoms with van der Waals surface area (Å²) in [7, 11) is 1.25. The van der Waals surface area contributed by atoms with Gasteiger partial charge in [-0.2, -0.15) is 0 Å². The SMILES string of the molecule is COC(=O)[C@H](CC(=O)OC(C)(C)C)NC(C)c1sc(Cl)c(Cl)c1Cl. The molecule has 1 N–H and O–H groups in total. The second-order valence-electron chi connectivity index (χ2n) is 6.12. The van der Waals surface area contributed by atoms with Crippen molar-refractivity contribution in [1.82, 2.24) is 5.32 Å². The number of carbonyl (C=O) groups excluding carboxylic acids is 2. The van der Waals surface area contributed by atoms with Crippen LogP contribution < -0.4 is 5.32 Å². The second kappa shape index (κ2) is 8.72. The third kappa shape index (κ3) is 6.08. The van der Waals surface area contributed by atoms with Gasteiger partial charge in [0.25, 0.3) is 0 Å². The molecule has 1 rings (SSSR count). The molecule has 24 heavy (non-hydrogen) atoms. The first-order valence-corrected chi connectivity index (χ1v) is 9.10. The Hall–Kier alpha value is -0.530. The first kappa shape index (κ1) is 21.5. The maximum absolute atomic E-state index is 12.0. The molecule has 0 aliphatic carbocycles. The Labute approximate surface area is 160 Å². The first-order valence-electron chi connectivity index (χ1n) is 7.15. The molecule has 0 aromatic carbocycles. The lowest BCUT2D eigenvalue weighted by atomic mass is 10.1. The van der Waals surface area contributed by atoms with Gasteiger partial charge in [-0.1, -0.05) is 34.8 Å². The van der Waals surface area contributed by atoms with Crippen LogP contribution in [0.5, 0.6) is 0 Å². The van der Waals surface area contributed by atoms with Gasteiger partial charge in [0.1, 0.15) is 16.0 Å². The summed E-state index contributed by atoms with van der Waals surface area (Å²) in [6.07, 6.45) is -0.168. The highest BCUT2D eigenvalue weighted by molar-refractivity contribution is 7.17. The van der Waals surface area contributed by atoms with E-state index >= 15 is 0 Å². The lowest BCUT2D eigenvalue weighted by Crippen LogP contribution is -2.41. The maximum Gasteiger partial charge on any atom is 0.323 e. The quantitative estimate of drug-likeness (QED) is 0.685. The summed E-state index contributed by atoms with van der Waals surface area (Å²) in [5, 5.41) is 3.61. The zero-order valence-electron chi connectivity index (χ0n) is 14.0. The third-order valence-corrected chi connectivity index (χ3v) is 5.67. The number of thiophene rings is 1. The molecular weight excluding hydrogens is 397 g/mol. The van der Waals surface area contributed by atoms with Crippen LogP contribution in [0.3, 0.4) is 0 Å². The van der Waals surface area contributed by atoms with Crippen molar-refractivity contribution < 1.29 is 19.1 Å². The van der Waals surface area contributed by atoms with Crippen molar-refractivity contribution in [2.45, 2.75) is 51.8 Å². The summed E-state index contributed by atoms with van der Waals surface area (Å²) in [6, 6.07) is -1.24. The van der Waals surface area contributed by atoms with Gasteiger partial charge in [-0.3, -0.25) is 14.9 Å². The van der Waals surface area contributed by atoms with Crippen molar-refractivity contribution in [2.75, 3.05) is 7.11 Å². The fraction of sp³-hybridized carbons (Fsp3) is 0.600. The summed E-state index contributed by atoms with van der Waals surface area (Å²) in [4.78, 5) is 24.6. The zero-order valence-corrected chi connectivity index (χ0v) is 17.1. The van der Waals surface area contributed by atoms with Gasteiger partial charge in [-0.15, -0.1) is 11.3 Å². The number of rotatable bonds is 6. The van der Waals surface area contributed by atoms with Gasteiger partial charge >= 0.3 is 11.9 Å². The molecule has 0 spiro atoms. The molecule has 0 saturated carbocycles. The highest BCUT2D eigenvalue weighted by Crippen LogP contribution is 2.43. The lowest BCUT2D eigenvalue weighted by Gasteiger charge is -2.23. The monoisotopic (exact) mass is 415 g/mol. The average molecular weight is 417 g/mol. The van der Waals surface area contributed by atoms with E-state index in [9.17, 15) is 9.59 Å². The van der Waals surface area contributed by atoms with Gasteiger partial charge in [-0.25, -0.2) is 0 Å². The molecule has 0 aliphatic heterocycles. The molecule has 136 valence electrons. The summed E-state index contributed by atoms with van der Waals surface area (Å²) >= 11 is 19.3. The Morgan fingerprint density at radius 3 is 2.21 bits per heavy atom. The lowest BCUT2D eigenvalue weighted by molar-refractivity contribution is -0.159. The average Bonchev–Trinajstić information content (AvgIpc) is 2.71. The van der Waals surface area contributed by atoms with E-state index in [0.717, 1.165) is 0 Å². The smallest absolute Gasteiger partial charge is 0.323 e. The standard InChI is InChI=1S/C15H20Cl3NO4S/c1-7(12-10(16)11(17)13(18)24-12)19-8(14(21)22-5)6-9(20)23-15(2,3)4/h7-8,19H,6H2,1-5H3/t7?,8-/m0/s1. The maximum atomic E-state index is 12.0. The number of esters is 2. The molecule has 5 nitrogen and oxygen atoms in total. The molecule has 0 bridgehead atoms. The molecular formula is C15H20Cl3NO4S. The van der Waals surface area contributed by atoms with Crippen LogP contribution in [0.25, 0.3) is 0 Å². The summed E-state index contributed by atoms with van der Waals surface area (Å²) in [5.74, 6) is -1.08. The number of hydrogen-bond acceptors (Lipinski definition) is 6. The molecule has 0 saturated heterocycles. The van der Waals surface area contributed by atoms with Crippen molar-refractivity contribution >= 4 is 58.1 Å². The summed E-state index contributed by atoms with van der Waals surface area (Å²) < 4.78 is 10.4. The highest BCUT2D eigenvalue weighted by atomic mass is 35.5. The number of halogens is 3. The van der Waals surface area contributed by atoms with E-state index in [-0.39, 0.29) is 17.5 Å². The number of ether oxygens (including phenoxy) is 2. The van der Waals surface area contributed by atoms with Crippen molar-refractivity contribution in [3.05, 3.63) is 19.3 Å². The van der Waals surface area contributed by atoms with Gasteiger partial charge in [0, 0.05) is 10.9 Å². The highest BCUT2D eigenvalue weighted by Gasteiger charge is 2.29. The second-order valence-corrected chi connectivity index (χ2v) is 8.53. The minimum atomic E-state index is -0.879. The van der Waals surface area contributed by atoms with Gasteiger partial charge in [0.2, 0.25) is 0 Å². The van der Waals surface area contributed by atoms with Crippen molar-refractivity contribution in [1.29, 1.82) is 0 Å². The summed E-state index contributed by atoms with van der Waals surface area (Å²) in [6.45, 7) is 7.05. The molecule has 0 fully saturated rings. The van der Waals surface area contributed by atoms with Crippen LogP contribution in [-0.2, 0) is 19.1 Å². The molecule has 9 heteroatoms. The topological polar surface area (TPSA) is 64.6 Å². The molecule has 1 aromatic rings. The molecule has 1 aromatic heterocycles. The van der Waals surface area contributed by atoms with E-state index in [1.54, 1.807) is 27.7 Å². The van der Waals surface area contributed by atoms with Crippen LogP contribution in [-0.4, -0.2) is 30.7 Å². The zero-order chi connectivity index (χ0) is 18.7. The van der Waals surface area contributed by atoms with Crippen molar-refractivity contribution in [3.63, 3.8) is 0 Å². The van der Waals surface area contributed by atoms with Gasteiger partial charge < -0.3 is 9.47 Å². The first-order chi connectivity index (χ1) is 11.0. The Morgan fingerprint density at radius 1 is 1.21 bits per heavy atom. The van der Waals surface area contributed by atoms with E-state index in [2.05, 4.69) is 5.32 Å². The van der Waals surface area contributed by atoms with E-state index in [1.165, 1.54) is 18.4 Å². The van der Waals surface area contributed by atoms with Crippen molar-refractivity contribution in [3.8, 4) is 0 Å². The third-order valence-electron chi connectivity index (χ3n) is 2.90. The van der Waals surface area contributed by atoms with Gasteiger partial charge in [0.15, 0.2) is 0 Å².